The van der Waals surface area contributed by atoms with Crippen molar-refractivity contribution in [1.82, 2.24) is 15.5 Å². The Hall–Kier alpha value is -2.49. The summed E-state index contributed by atoms with van der Waals surface area (Å²) >= 11 is 1.13. The van der Waals surface area contributed by atoms with E-state index in [-0.39, 0.29) is 23.6 Å². The number of carbonyl (C=O) groups excluding carboxylic acids is 3. The molecule has 136 valence electrons. The van der Waals surface area contributed by atoms with Crippen LogP contribution in [0.1, 0.15) is 20.3 Å². The molecule has 0 aromatic heterocycles. The molecule has 2 aliphatic rings. The molecule has 10 heteroatoms. The molecule has 2 rings (SSSR count). The Labute approximate surface area is 148 Å². The molecule has 0 saturated carbocycles. The number of hydrogen-bond donors (Lipinski definition) is 3. The molecule has 1 fully saturated rings. The number of carbonyl (C=O) groups is 4. The van der Waals surface area contributed by atoms with Crippen molar-refractivity contribution in [3.05, 3.63) is 22.2 Å². The van der Waals surface area contributed by atoms with Crippen LogP contribution in [0.2, 0.25) is 0 Å². The van der Waals surface area contributed by atoms with E-state index in [0.717, 1.165) is 11.8 Å². The zero-order valence-electron chi connectivity index (χ0n) is 13.9. The smallest absolute Gasteiger partial charge is 0.407 e. The predicted molar refractivity (Wildman–Crippen MR) is 89.0 cm³/mol. The molecule has 0 aromatic rings. The molecule has 0 bridgehead atoms. The monoisotopic (exact) mass is 369 g/mol. The third-order valence-corrected chi connectivity index (χ3v) is 4.86. The molecule has 0 unspecified atom stereocenters. The van der Waals surface area contributed by atoms with Crippen LogP contribution in [0, 0.1) is 5.92 Å². The van der Waals surface area contributed by atoms with Gasteiger partial charge in [0.2, 0.25) is 11.8 Å². The summed E-state index contributed by atoms with van der Waals surface area (Å²) < 4.78 is 5.11. The van der Waals surface area contributed by atoms with Gasteiger partial charge >= 0.3 is 12.1 Å². The van der Waals surface area contributed by atoms with Gasteiger partial charge in [0.25, 0.3) is 0 Å². The highest BCUT2D eigenvalue weighted by Gasteiger charge is 2.57. The van der Waals surface area contributed by atoms with Crippen LogP contribution < -0.4 is 10.6 Å². The third kappa shape index (κ3) is 3.78. The third-order valence-electron chi connectivity index (χ3n) is 3.94. The van der Waals surface area contributed by atoms with Gasteiger partial charge in [-0.2, -0.15) is 0 Å². The molecule has 2 heterocycles. The summed E-state index contributed by atoms with van der Waals surface area (Å²) in [5, 5.41) is 15.7. The van der Waals surface area contributed by atoms with Gasteiger partial charge in [0, 0.05) is 31.5 Å². The molecule has 0 aromatic carbocycles. The number of alkyl carbamates (subject to hydrolysis) is 1. The molecule has 0 spiro atoms. The number of carboxylic acid groups (broad SMARTS) is 1. The number of ether oxygens (including phenoxy) is 1. The number of nitrogens with one attached hydrogen (secondary N) is 2. The number of thioether (sulfide) groups is 1. The zero-order valence-corrected chi connectivity index (χ0v) is 14.8. The van der Waals surface area contributed by atoms with Crippen LogP contribution in [0.4, 0.5) is 4.79 Å². The van der Waals surface area contributed by atoms with Crippen LogP contribution in [0.3, 0.4) is 0 Å². The summed E-state index contributed by atoms with van der Waals surface area (Å²) in [5.41, 5.74) is -0.0594. The molecule has 1 saturated heterocycles. The second-order valence-electron chi connectivity index (χ2n) is 5.56. The quantitative estimate of drug-likeness (QED) is 0.585. The fraction of sp³-hybridized carbons (Fsp3) is 0.467. The Balaban J connectivity index is 2.10. The summed E-state index contributed by atoms with van der Waals surface area (Å²) in [6.07, 6.45) is 0.458. The lowest BCUT2D eigenvalue weighted by Gasteiger charge is -2.45. The lowest BCUT2D eigenvalue weighted by atomic mass is 9.83. The number of amides is 3. The van der Waals surface area contributed by atoms with Gasteiger partial charge in [0.15, 0.2) is 0 Å². The highest BCUT2D eigenvalue weighted by Crippen LogP contribution is 2.47. The van der Waals surface area contributed by atoms with Gasteiger partial charge in [-0.1, -0.05) is 11.8 Å². The Morgan fingerprint density at radius 2 is 2.12 bits per heavy atom. The van der Waals surface area contributed by atoms with Crippen LogP contribution in [-0.4, -0.2) is 53.1 Å². The largest absolute Gasteiger partial charge is 0.477 e. The lowest BCUT2D eigenvalue weighted by Crippen LogP contribution is -2.62. The number of fused-ring (bicyclic) bond motifs is 1. The Morgan fingerprint density at radius 3 is 2.68 bits per heavy atom. The fourth-order valence-electron chi connectivity index (χ4n) is 2.89. The van der Waals surface area contributed by atoms with E-state index in [4.69, 9.17) is 4.74 Å². The van der Waals surface area contributed by atoms with Gasteiger partial charge < -0.3 is 25.4 Å². The number of nitrogens with zero attached hydrogens (tertiary/aromatic N) is 1. The average molecular weight is 369 g/mol. The molecule has 25 heavy (non-hydrogen) atoms. The van der Waals surface area contributed by atoms with E-state index in [9.17, 15) is 24.3 Å². The molecule has 9 nitrogen and oxygen atoms in total. The topological polar surface area (TPSA) is 125 Å². The van der Waals surface area contributed by atoms with Crippen LogP contribution >= 0.6 is 11.8 Å². The van der Waals surface area contributed by atoms with Crippen molar-refractivity contribution in [3.8, 4) is 0 Å². The van der Waals surface area contributed by atoms with Gasteiger partial charge in [0.05, 0.1) is 12.0 Å². The van der Waals surface area contributed by atoms with E-state index in [2.05, 4.69) is 10.6 Å². The molecule has 3 N–H and O–H groups in total. The number of rotatable bonds is 6. The summed E-state index contributed by atoms with van der Waals surface area (Å²) in [7, 11) is 1.42. The summed E-state index contributed by atoms with van der Waals surface area (Å²) in [5.74, 6) is -2.39. The molecule has 3 atom stereocenters. The van der Waals surface area contributed by atoms with Gasteiger partial charge in [-0.25, -0.2) is 9.59 Å². The van der Waals surface area contributed by atoms with Crippen molar-refractivity contribution in [2.45, 2.75) is 32.4 Å². The van der Waals surface area contributed by atoms with Crippen LogP contribution in [0.15, 0.2) is 22.2 Å². The molecular weight excluding hydrogens is 350 g/mol. The van der Waals surface area contributed by atoms with Crippen molar-refractivity contribution in [2.75, 3.05) is 7.05 Å². The van der Waals surface area contributed by atoms with Gasteiger partial charge in [-0.05, 0) is 12.3 Å². The number of β-lactam (4-membered cyclic amide) rings is 1. The molecule has 3 amide bonds. The first-order valence-corrected chi connectivity index (χ1v) is 8.42. The van der Waals surface area contributed by atoms with E-state index in [1.807, 2.05) is 0 Å². The van der Waals surface area contributed by atoms with Crippen molar-refractivity contribution < 1.29 is 29.0 Å². The minimum atomic E-state index is -1.19. The SMILES string of the molecule is CNC(=O)O[C@@H](C)[C@H]1C(=O)N2C(C(=O)O)=C(SC=CNC(C)=O)C[C@H]12. The van der Waals surface area contributed by atoms with E-state index in [0.29, 0.717) is 11.3 Å². The highest BCUT2D eigenvalue weighted by molar-refractivity contribution is 8.05. The number of hydrogen-bond acceptors (Lipinski definition) is 6. The molecule has 2 aliphatic heterocycles. The minimum Gasteiger partial charge on any atom is -0.477 e. The maximum atomic E-state index is 12.4. The van der Waals surface area contributed by atoms with Crippen molar-refractivity contribution in [1.29, 1.82) is 0 Å². The fourth-order valence-corrected chi connectivity index (χ4v) is 3.76. The van der Waals surface area contributed by atoms with E-state index < -0.39 is 24.1 Å². The van der Waals surface area contributed by atoms with Crippen molar-refractivity contribution in [2.24, 2.45) is 5.92 Å². The Kier molecular flexibility index (Phi) is 5.73. The van der Waals surface area contributed by atoms with Crippen LogP contribution in [-0.2, 0) is 19.1 Å². The van der Waals surface area contributed by atoms with Gasteiger partial charge in [-0.3, -0.25) is 9.59 Å². The molecular formula is C15H19N3O6S. The Bertz CT molecular complexity index is 674. The van der Waals surface area contributed by atoms with Crippen LogP contribution in [0.5, 0.6) is 0 Å². The number of carboxylic acids is 1. The first kappa shape index (κ1) is 18.8. The number of aliphatic carboxylic acids is 1. The first-order valence-electron chi connectivity index (χ1n) is 7.54. The van der Waals surface area contributed by atoms with Crippen molar-refractivity contribution >= 4 is 35.6 Å². The average Bonchev–Trinajstić information content (AvgIpc) is 2.85. The normalized spacial score (nSPS) is 23.2. The van der Waals surface area contributed by atoms with Crippen molar-refractivity contribution in [3.63, 3.8) is 0 Å². The minimum absolute atomic E-state index is 0.0594. The predicted octanol–water partition coefficient (Wildman–Crippen LogP) is 0.598. The summed E-state index contributed by atoms with van der Waals surface area (Å²) in [6.45, 7) is 2.97. The first-order chi connectivity index (χ1) is 11.8. The van der Waals surface area contributed by atoms with E-state index in [1.54, 1.807) is 12.3 Å². The van der Waals surface area contributed by atoms with E-state index >= 15 is 0 Å². The zero-order chi connectivity index (χ0) is 18.7. The molecule has 0 aliphatic carbocycles. The lowest BCUT2D eigenvalue weighted by molar-refractivity contribution is -0.161. The Morgan fingerprint density at radius 1 is 1.44 bits per heavy atom. The summed E-state index contributed by atoms with van der Waals surface area (Å²) in [6, 6.07) is -0.352. The second kappa shape index (κ2) is 7.60. The molecule has 0 radical (unpaired) electrons. The highest BCUT2D eigenvalue weighted by atomic mass is 32.2. The van der Waals surface area contributed by atoms with Crippen LogP contribution in [0.25, 0.3) is 0 Å². The van der Waals surface area contributed by atoms with Gasteiger partial charge in [0.1, 0.15) is 11.8 Å². The standard InChI is InChI=1S/C15H19N3O6S/c1-7(24-15(23)16-3)11-9-6-10(25-5-4-17-8(2)19)12(14(21)22)18(9)13(11)20/h4-5,7,9,11H,6H2,1-3H3,(H,16,23)(H,17,19)(H,21,22)/t7-,9+,11+/m0/s1. The summed E-state index contributed by atoms with van der Waals surface area (Å²) in [4.78, 5) is 47.8. The maximum Gasteiger partial charge on any atom is 0.407 e. The van der Waals surface area contributed by atoms with E-state index in [1.165, 1.54) is 25.1 Å². The maximum absolute atomic E-state index is 12.4. The second-order valence-corrected chi connectivity index (χ2v) is 6.56. The van der Waals surface area contributed by atoms with Gasteiger partial charge in [-0.15, -0.1) is 0 Å².